The zero-order valence-electron chi connectivity index (χ0n) is 12.2. The second kappa shape index (κ2) is 6.90. The molecule has 0 bridgehead atoms. The Morgan fingerprint density at radius 3 is 3.05 bits per heavy atom. The molecule has 1 aromatic heterocycles. The molecule has 2 N–H and O–H groups in total. The molecule has 5 heteroatoms. The third kappa shape index (κ3) is 3.84. The summed E-state index contributed by atoms with van der Waals surface area (Å²) in [7, 11) is 0. The second-order valence-electron chi connectivity index (χ2n) is 5.59. The molecule has 1 saturated heterocycles. The van der Waals surface area contributed by atoms with Crippen molar-refractivity contribution in [1.82, 2.24) is 10.2 Å². The van der Waals surface area contributed by atoms with Crippen LogP contribution >= 0.6 is 0 Å². The van der Waals surface area contributed by atoms with Gasteiger partial charge < -0.3 is 14.8 Å². The fourth-order valence-corrected chi connectivity index (χ4v) is 2.90. The average molecular weight is 280 g/mol. The number of furan rings is 1. The van der Waals surface area contributed by atoms with Gasteiger partial charge in [0.1, 0.15) is 5.76 Å². The fraction of sp³-hybridized carbons (Fsp3) is 0.667. The van der Waals surface area contributed by atoms with E-state index in [0.717, 1.165) is 31.6 Å². The first kappa shape index (κ1) is 15.1. The molecule has 112 valence electrons. The highest BCUT2D eigenvalue weighted by molar-refractivity contribution is 5.81. The number of aliphatic hydroxyl groups excluding tert-OH is 1. The third-order valence-electron chi connectivity index (χ3n) is 3.93. The Bertz CT molecular complexity index is 417. The van der Waals surface area contributed by atoms with Crippen LogP contribution in [-0.4, -0.2) is 40.6 Å². The molecule has 0 aliphatic carbocycles. The molecule has 1 fully saturated rings. The molecule has 0 radical (unpaired) electrons. The van der Waals surface area contributed by atoms with E-state index in [-0.39, 0.29) is 18.1 Å². The van der Waals surface area contributed by atoms with Crippen molar-refractivity contribution in [3.63, 3.8) is 0 Å². The topological polar surface area (TPSA) is 65.7 Å². The van der Waals surface area contributed by atoms with Gasteiger partial charge in [0.05, 0.1) is 25.0 Å². The quantitative estimate of drug-likeness (QED) is 0.829. The van der Waals surface area contributed by atoms with E-state index in [4.69, 9.17) is 4.42 Å². The number of carbonyl (C=O) groups excluding carboxylic acids is 1. The molecule has 20 heavy (non-hydrogen) atoms. The van der Waals surface area contributed by atoms with Gasteiger partial charge in [0.15, 0.2) is 0 Å². The van der Waals surface area contributed by atoms with E-state index in [9.17, 15) is 9.90 Å². The summed E-state index contributed by atoms with van der Waals surface area (Å²) in [5, 5.41) is 12.4. The minimum Gasteiger partial charge on any atom is -0.467 e. The lowest BCUT2D eigenvalue weighted by Gasteiger charge is -2.30. The van der Waals surface area contributed by atoms with E-state index >= 15 is 0 Å². The molecule has 5 nitrogen and oxygen atoms in total. The number of aliphatic hydroxyl groups is 1. The summed E-state index contributed by atoms with van der Waals surface area (Å²) >= 11 is 0. The maximum atomic E-state index is 12.2. The standard InChI is InChI=1S/C15H24N2O3/c1-11(18)9-13-5-3-7-17(13)12(2)15(19)16-10-14-6-4-8-20-14/h4,6,8,11-13,18H,3,5,7,9-10H2,1-2H3,(H,16,19). The molecule has 1 aliphatic rings. The van der Waals surface area contributed by atoms with Crippen LogP contribution in [0.1, 0.15) is 38.9 Å². The van der Waals surface area contributed by atoms with Crippen molar-refractivity contribution in [2.24, 2.45) is 0 Å². The van der Waals surface area contributed by atoms with Gasteiger partial charge in [0.25, 0.3) is 0 Å². The van der Waals surface area contributed by atoms with Crippen LogP contribution < -0.4 is 5.32 Å². The number of amides is 1. The van der Waals surface area contributed by atoms with Crippen molar-refractivity contribution in [3.05, 3.63) is 24.2 Å². The highest BCUT2D eigenvalue weighted by atomic mass is 16.3. The van der Waals surface area contributed by atoms with Gasteiger partial charge >= 0.3 is 0 Å². The highest BCUT2D eigenvalue weighted by Gasteiger charge is 2.32. The van der Waals surface area contributed by atoms with Gasteiger partial charge in [0, 0.05) is 6.04 Å². The smallest absolute Gasteiger partial charge is 0.237 e. The van der Waals surface area contributed by atoms with E-state index in [1.165, 1.54) is 0 Å². The lowest BCUT2D eigenvalue weighted by molar-refractivity contribution is -0.126. The molecule has 1 aliphatic heterocycles. The average Bonchev–Trinajstić information content (AvgIpc) is 3.05. The molecule has 3 unspecified atom stereocenters. The minimum atomic E-state index is -0.320. The van der Waals surface area contributed by atoms with Gasteiger partial charge in [-0.15, -0.1) is 0 Å². The Kier molecular flexibility index (Phi) is 5.20. The maximum absolute atomic E-state index is 12.2. The molecule has 2 heterocycles. The third-order valence-corrected chi connectivity index (χ3v) is 3.93. The predicted octanol–water partition coefficient (Wildman–Crippen LogP) is 1.52. The van der Waals surface area contributed by atoms with Crippen molar-refractivity contribution in [1.29, 1.82) is 0 Å². The first-order valence-electron chi connectivity index (χ1n) is 7.32. The number of nitrogens with zero attached hydrogens (tertiary/aromatic N) is 1. The monoisotopic (exact) mass is 280 g/mol. The summed E-state index contributed by atoms with van der Waals surface area (Å²) in [5.74, 6) is 0.770. The van der Waals surface area contributed by atoms with Crippen LogP contribution in [0.5, 0.6) is 0 Å². The predicted molar refractivity (Wildman–Crippen MR) is 76.0 cm³/mol. The number of hydrogen-bond donors (Lipinski definition) is 2. The highest BCUT2D eigenvalue weighted by Crippen LogP contribution is 2.23. The summed E-state index contributed by atoms with van der Waals surface area (Å²) in [4.78, 5) is 14.4. The van der Waals surface area contributed by atoms with Gasteiger partial charge in [-0.2, -0.15) is 0 Å². The van der Waals surface area contributed by atoms with Crippen LogP contribution in [0.2, 0.25) is 0 Å². The number of carbonyl (C=O) groups is 1. The van der Waals surface area contributed by atoms with Crippen molar-refractivity contribution in [3.8, 4) is 0 Å². The first-order chi connectivity index (χ1) is 9.58. The van der Waals surface area contributed by atoms with Gasteiger partial charge in [-0.05, 0) is 51.8 Å². The molecule has 2 rings (SSSR count). The van der Waals surface area contributed by atoms with Crippen LogP contribution in [0.3, 0.4) is 0 Å². The van der Waals surface area contributed by atoms with E-state index in [1.54, 1.807) is 13.2 Å². The molecule has 3 atom stereocenters. The van der Waals surface area contributed by atoms with Gasteiger partial charge in [-0.1, -0.05) is 0 Å². The number of likely N-dealkylation sites (tertiary alicyclic amines) is 1. The molecule has 1 amide bonds. The van der Waals surface area contributed by atoms with Gasteiger partial charge in [-0.3, -0.25) is 9.69 Å². The summed E-state index contributed by atoms with van der Waals surface area (Å²) < 4.78 is 5.20. The molecular weight excluding hydrogens is 256 g/mol. The Hall–Kier alpha value is -1.33. The zero-order valence-corrected chi connectivity index (χ0v) is 12.2. The van der Waals surface area contributed by atoms with Crippen molar-refractivity contribution in [2.75, 3.05) is 6.54 Å². The summed E-state index contributed by atoms with van der Waals surface area (Å²) in [5.41, 5.74) is 0. The zero-order chi connectivity index (χ0) is 14.5. The maximum Gasteiger partial charge on any atom is 0.237 e. The van der Waals surface area contributed by atoms with Crippen LogP contribution in [0.15, 0.2) is 22.8 Å². The lowest BCUT2D eigenvalue weighted by Crippen LogP contribution is -2.47. The van der Waals surface area contributed by atoms with E-state index < -0.39 is 0 Å². The lowest BCUT2D eigenvalue weighted by atomic mass is 10.1. The first-order valence-corrected chi connectivity index (χ1v) is 7.32. The van der Waals surface area contributed by atoms with Crippen molar-refractivity contribution >= 4 is 5.91 Å². The molecule has 0 aromatic carbocycles. The van der Waals surface area contributed by atoms with Crippen LogP contribution in [0, 0.1) is 0 Å². The summed E-state index contributed by atoms with van der Waals surface area (Å²) in [6.45, 7) is 5.08. The van der Waals surface area contributed by atoms with Crippen molar-refractivity contribution < 1.29 is 14.3 Å². The number of hydrogen-bond acceptors (Lipinski definition) is 4. The van der Waals surface area contributed by atoms with Gasteiger partial charge in [-0.25, -0.2) is 0 Å². The minimum absolute atomic E-state index is 0.0129. The fourth-order valence-electron chi connectivity index (χ4n) is 2.90. The van der Waals surface area contributed by atoms with Crippen LogP contribution in [-0.2, 0) is 11.3 Å². The van der Waals surface area contributed by atoms with Gasteiger partial charge in [0.2, 0.25) is 5.91 Å². The van der Waals surface area contributed by atoms with E-state index in [1.807, 2.05) is 19.1 Å². The van der Waals surface area contributed by atoms with Crippen molar-refractivity contribution in [2.45, 2.75) is 57.8 Å². The Morgan fingerprint density at radius 2 is 2.40 bits per heavy atom. The Labute approximate surface area is 119 Å². The van der Waals surface area contributed by atoms with E-state index in [2.05, 4.69) is 10.2 Å². The van der Waals surface area contributed by atoms with E-state index in [0.29, 0.717) is 12.6 Å². The van der Waals surface area contributed by atoms with Crippen LogP contribution in [0.25, 0.3) is 0 Å². The second-order valence-corrected chi connectivity index (χ2v) is 5.59. The summed E-state index contributed by atoms with van der Waals surface area (Å²) in [6.07, 6.45) is 4.16. The Balaban J connectivity index is 1.85. The van der Waals surface area contributed by atoms with Crippen LogP contribution in [0.4, 0.5) is 0 Å². The SMILES string of the molecule is CC(O)CC1CCCN1C(C)C(=O)NCc1ccco1. The number of nitrogens with one attached hydrogen (secondary N) is 1. The summed E-state index contributed by atoms with van der Waals surface area (Å²) in [6, 6.07) is 3.79. The number of rotatable bonds is 6. The largest absolute Gasteiger partial charge is 0.467 e. The molecule has 0 saturated carbocycles. The molecule has 0 spiro atoms. The molecular formula is C15H24N2O3. The normalized spacial score (nSPS) is 22.6. The molecule has 1 aromatic rings. The Morgan fingerprint density at radius 1 is 1.60 bits per heavy atom.